The molecule has 2 N–H and O–H groups in total. The Labute approximate surface area is 194 Å². The molecule has 0 saturated carbocycles. The molecule has 0 bridgehead atoms. The lowest BCUT2D eigenvalue weighted by atomic mass is 10.2. The number of carbonyl (C=O) groups excluding carboxylic acids is 2. The second kappa shape index (κ2) is 9.21. The van der Waals surface area contributed by atoms with Gasteiger partial charge in [-0.2, -0.15) is 0 Å². The summed E-state index contributed by atoms with van der Waals surface area (Å²) in [4.78, 5) is 26.5. The third kappa shape index (κ3) is 4.66. The second-order valence-electron chi connectivity index (χ2n) is 7.10. The standard InChI is InChI=1S/C22H20ClN3O3S2/c1-29-21(28)19-18(23)16-9-8-15(12-17(16)31-19)25-22(30)24-14-6-4-13(5-7-14)20(27)26-10-2-3-11-26/h4-9,12H,2-3,10-11H2,1H3,(H2,24,25,30). The van der Waals surface area contributed by atoms with Gasteiger partial charge in [-0.05, 0) is 67.5 Å². The molecule has 1 aliphatic rings. The normalized spacial score (nSPS) is 13.3. The summed E-state index contributed by atoms with van der Waals surface area (Å²) in [5.41, 5.74) is 2.22. The molecular formula is C22H20ClN3O3S2. The van der Waals surface area contributed by atoms with Crippen molar-refractivity contribution in [1.82, 2.24) is 4.90 Å². The molecule has 1 saturated heterocycles. The van der Waals surface area contributed by atoms with Gasteiger partial charge in [0.2, 0.25) is 0 Å². The second-order valence-corrected chi connectivity index (χ2v) is 8.94. The predicted molar refractivity (Wildman–Crippen MR) is 130 cm³/mol. The summed E-state index contributed by atoms with van der Waals surface area (Å²) in [6.07, 6.45) is 2.14. The minimum atomic E-state index is -0.454. The molecule has 0 unspecified atom stereocenters. The molecule has 160 valence electrons. The number of rotatable bonds is 4. The summed E-state index contributed by atoms with van der Waals surface area (Å²) in [6, 6.07) is 12.8. The quantitative estimate of drug-likeness (QED) is 0.391. The summed E-state index contributed by atoms with van der Waals surface area (Å²) in [6.45, 7) is 1.65. The van der Waals surface area contributed by atoms with Crippen molar-refractivity contribution in [3.63, 3.8) is 0 Å². The van der Waals surface area contributed by atoms with E-state index in [-0.39, 0.29) is 5.91 Å². The molecule has 6 nitrogen and oxygen atoms in total. The van der Waals surface area contributed by atoms with Crippen molar-refractivity contribution in [1.29, 1.82) is 0 Å². The van der Waals surface area contributed by atoms with Crippen LogP contribution in [0.5, 0.6) is 0 Å². The average molecular weight is 474 g/mol. The number of methoxy groups -OCH3 is 1. The van der Waals surface area contributed by atoms with Crippen LogP contribution in [0, 0.1) is 0 Å². The highest BCUT2D eigenvalue weighted by Crippen LogP contribution is 2.37. The zero-order valence-corrected chi connectivity index (χ0v) is 19.1. The topological polar surface area (TPSA) is 70.7 Å². The first kappa shape index (κ1) is 21.5. The largest absolute Gasteiger partial charge is 0.465 e. The average Bonchev–Trinajstić information content (AvgIpc) is 3.42. The van der Waals surface area contributed by atoms with Crippen molar-refractivity contribution in [2.24, 2.45) is 0 Å². The number of amides is 1. The monoisotopic (exact) mass is 473 g/mol. The Kier molecular flexibility index (Phi) is 6.41. The molecule has 0 atom stereocenters. The number of fused-ring (bicyclic) bond motifs is 1. The molecule has 2 heterocycles. The Hall–Kier alpha value is -2.68. The van der Waals surface area contributed by atoms with E-state index >= 15 is 0 Å². The highest BCUT2D eigenvalue weighted by molar-refractivity contribution is 7.80. The number of nitrogens with one attached hydrogen (secondary N) is 2. The van der Waals surface area contributed by atoms with E-state index in [1.807, 2.05) is 35.2 Å². The Morgan fingerprint density at radius 1 is 1.06 bits per heavy atom. The van der Waals surface area contributed by atoms with Gasteiger partial charge in [0.1, 0.15) is 4.88 Å². The van der Waals surface area contributed by atoms with E-state index in [2.05, 4.69) is 10.6 Å². The van der Waals surface area contributed by atoms with E-state index in [9.17, 15) is 9.59 Å². The predicted octanol–water partition coefficient (Wildman–Crippen LogP) is 5.39. The van der Waals surface area contributed by atoms with Gasteiger partial charge >= 0.3 is 5.97 Å². The number of hydrogen-bond donors (Lipinski definition) is 2. The van der Waals surface area contributed by atoms with E-state index in [1.165, 1.54) is 18.4 Å². The molecular weight excluding hydrogens is 454 g/mol. The molecule has 0 aliphatic carbocycles. The lowest BCUT2D eigenvalue weighted by Crippen LogP contribution is -2.27. The van der Waals surface area contributed by atoms with Crippen LogP contribution in [-0.4, -0.2) is 42.1 Å². The van der Waals surface area contributed by atoms with E-state index in [1.54, 1.807) is 12.1 Å². The lowest BCUT2D eigenvalue weighted by Gasteiger charge is -2.15. The number of anilines is 2. The van der Waals surface area contributed by atoms with Crippen molar-refractivity contribution in [3.8, 4) is 0 Å². The first-order chi connectivity index (χ1) is 15.0. The van der Waals surface area contributed by atoms with Crippen molar-refractivity contribution in [2.45, 2.75) is 12.8 Å². The van der Waals surface area contributed by atoms with Crippen molar-refractivity contribution >= 4 is 73.6 Å². The van der Waals surface area contributed by atoms with Crippen LogP contribution in [0.1, 0.15) is 32.9 Å². The maximum Gasteiger partial charge on any atom is 0.349 e. The van der Waals surface area contributed by atoms with Crippen LogP contribution < -0.4 is 10.6 Å². The Morgan fingerprint density at radius 2 is 1.71 bits per heavy atom. The van der Waals surface area contributed by atoms with Crippen LogP contribution >= 0.6 is 35.2 Å². The Balaban J connectivity index is 1.41. The van der Waals surface area contributed by atoms with Gasteiger partial charge in [0.15, 0.2) is 5.11 Å². The van der Waals surface area contributed by atoms with E-state index in [0.29, 0.717) is 20.6 Å². The van der Waals surface area contributed by atoms with Crippen molar-refractivity contribution in [2.75, 3.05) is 30.8 Å². The number of ether oxygens (including phenoxy) is 1. The molecule has 3 aromatic rings. The number of thiocarbonyl (C=S) groups is 1. The van der Waals surface area contributed by atoms with Crippen LogP contribution in [0.3, 0.4) is 0 Å². The smallest absolute Gasteiger partial charge is 0.349 e. The van der Waals surface area contributed by atoms with Gasteiger partial charge in [0.25, 0.3) is 5.91 Å². The van der Waals surface area contributed by atoms with Gasteiger partial charge in [-0.15, -0.1) is 11.3 Å². The number of thiophene rings is 1. The third-order valence-corrected chi connectivity index (χ3v) is 6.88. The number of benzene rings is 2. The summed E-state index contributed by atoms with van der Waals surface area (Å²) in [5.74, 6) is -0.386. The van der Waals surface area contributed by atoms with Gasteiger partial charge in [0.05, 0.1) is 12.1 Å². The summed E-state index contributed by atoms with van der Waals surface area (Å²) in [7, 11) is 1.33. The molecule has 1 aromatic heterocycles. The number of carbonyl (C=O) groups is 2. The van der Waals surface area contributed by atoms with Crippen LogP contribution in [0.4, 0.5) is 11.4 Å². The molecule has 1 amide bonds. The fourth-order valence-corrected chi connectivity index (χ4v) is 5.16. The maximum absolute atomic E-state index is 12.4. The SMILES string of the molecule is COC(=O)c1sc2cc(NC(=S)Nc3ccc(C(=O)N4CCCC4)cc3)ccc2c1Cl. The van der Waals surface area contributed by atoms with E-state index < -0.39 is 5.97 Å². The van der Waals surface area contributed by atoms with Gasteiger partial charge in [-0.25, -0.2) is 4.79 Å². The number of likely N-dealkylation sites (tertiary alicyclic amines) is 1. The third-order valence-electron chi connectivity index (χ3n) is 5.04. The lowest BCUT2D eigenvalue weighted by molar-refractivity contribution is 0.0606. The summed E-state index contributed by atoms with van der Waals surface area (Å²) < 4.78 is 5.63. The van der Waals surface area contributed by atoms with Crippen molar-refractivity contribution < 1.29 is 14.3 Å². The fraction of sp³-hybridized carbons (Fsp3) is 0.227. The molecule has 1 fully saturated rings. The van der Waals surface area contributed by atoms with Crippen LogP contribution in [0.2, 0.25) is 5.02 Å². The number of nitrogens with zero attached hydrogens (tertiary/aromatic N) is 1. The Morgan fingerprint density at radius 3 is 2.39 bits per heavy atom. The first-order valence-electron chi connectivity index (χ1n) is 9.74. The fourth-order valence-electron chi connectivity index (χ4n) is 3.46. The summed E-state index contributed by atoms with van der Waals surface area (Å²) >= 11 is 13.0. The highest BCUT2D eigenvalue weighted by Gasteiger charge is 2.19. The van der Waals surface area contributed by atoms with Crippen LogP contribution in [0.15, 0.2) is 42.5 Å². The van der Waals surface area contributed by atoms with Gasteiger partial charge < -0.3 is 20.3 Å². The zero-order chi connectivity index (χ0) is 22.0. The number of halogens is 1. The summed E-state index contributed by atoms with van der Waals surface area (Å²) in [5, 5.41) is 7.84. The van der Waals surface area contributed by atoms with Crippen LogP contribution in [0.25, 0.3) is 10.1 Å². The van der Waals surface area contributed by atoms with Gasteiger partial charge in [-0.1, -0.05) is 11.6 Å². The highest BCUT2D eigenvalue weighted by atomic mass is 35.5. The minimum Gasteiger partial charge on any atom is -0.465 e. The van der Waals surface area contributed by atoms with Gasteiger partial charge in [-0.3, -0.25) is 4.79 Å². The van der Waals surface area contributed by atoms with Crippen molar-refractivity contribution in [3.05, 3.63) is 57.9 Å². The molecule has 9 heteroatoms. The molecule has 2 aromatic carbocycles. The molecule has 31 heavy (non-hydrogen) atoms. The first-order valence-corrected chi connectivity index (χ1v) is 11.3. The Bertz CT molecular complexity index is 1150. The minimum absolute atomic E-state index is 0.0685. The maximum atomic E-state index is 12.4. The van der Waals surface area contributed by atoms with E-state index in [0.717, 1.165) is 47.4 Å². The molecule has 1 aliphatic heterocycles. The molecule has 4 rings (SSSR count). The van der Waals surface area contributed by atoms with Crippen LogP contribution in [-0.2, 0) is 4.74 Å². The number of esters is 1. The zero-order valence-electron chi connectivity index (χ0n) is 16.7. The molecule has 0 spiro atoms. The number of hydrogen-bond acceptors (Lipinski definition) is 5. The van der Waals surface area contributed by atoms with E-state index in [4.69, 9.17) is 28.6 Å². The van der Waals surface area contributed by atoms with Gasteiger partial charge in [0, 0.05) is 40.1 Å². The molecule has 0 radical (unpaired) electrons.